The topological polar surface area (TPSA) is 100 Å². The van der Waals surface area contributed by atoms with E-state index in [4.69, 9.17) is 5.73 Å². The van der Waals surface area contributed by atoms with Crippen molar-refractivity contribution in [3.63, 3.8) is 0 Å². The molecular formula is C11H8BrN5O. The average Bonchev–Trinajstić information content (AvgIpc) is 2.73. The van der Waals surface area contributed by atoms with Gasteiger partial charge in [-0.3, -0.25) is 9.78 Å². The van der Waals surface area contributed by atoms with Gasteiger partial charge in [-0.05, 0) is 12.1 Å². The van der Waals surface area contributed by atoms with E-state index in [1.807, 2.05) is 24.3 Å². The van der Waals surface area contributed by atoms with Crippen LogP contribution in [-0.4, -0.2) is 19.9 Å². The Hall–Kier alpha value is -2.15. The third-order valence-electron chi connectivity index (χ3n) is 2.48. The van der Waals surface area contributed by atoms with E-state index in [0.29, 0.717) is 17.0 Å². The molecule has 0 atom stereocenters. The first-order valence-electron chi connectivity index (χ1n) is 5.15. The molecule has 4 N–H and O–H groups in total. The molecule has 3 aromatic rings. The quantitative estimate of drug-likeness (QED) is 0.636. The van der Waals surface area contributed by atoms with Crippen LogP contribution >= 0.6 is 15.9 Å². The van der Waals surface area contributed by atoms with Gasteiger partial charge < -0.3 is 10.7 Å². The first-order chi connectivity index (χ1) is 8.63. The van der Waals surface area contributed by atoms with Crippen LogP contribution in [0.4, 0.5) is 5.95 Å². The normalized spacial score (nSPS) is 10.9. The molecule has 0 bridgehead atoms. The van der Waals surface area contributed by atoms with Crippen molar-refractivity contribution in [2.75, 3.05) is 5.73 Å². The molecule has 7 heteroatoms. The van der Waals surface area contributed by atoms with Gasteiger partial charge >= 0.3 is 0 Å². The van der Waals surface area contributed by atoms with Gasteiger partial charge in [-0.1, -0.05) is 28.1 Å². The molecule has 0 radical (unpaired) electrons. The molecule has 6 nitrogen and oxygen atoms in total. The second-order valence-electron chi connectivity index (χ2n) is 3.75. The minimum absolute atomic E-state index is 0.0554. The van der Waals surface area contributed by atoms with Crippen LogP contribution in [0.15, 0.2) is 33.5 Å². The second-order valence-corrected chi connectivity index (χ2v) is 4.66. The minimum Gasteiger partial charge on any atom is -0.369 e. The van der Waals surface area contributed by atoms with Gasteiger partial charge in [-0.2, -0.15) is 4.98 Å². The van der Waals surface area contributed by atoms with Crippen molar-refractivity contribution in [2.45, 2.75) is 0 Å². The van der Waals surface area contributed by atoms with E-state index in [9.17, 15) is 4.79 Å². The summed E-state index contributed by atoms with van der Waals surface area (Å²) in [5, 5.41) is 0. The van der Waals surface area contributed by atoms with Crippen molar-refractivity contribution in [2.24, 2.45) is 0 Å². The number of nitrogens with zero attached hydrogens (tertiary/aromatic N) is 2. The molecule has 0 aliphatic heterocycles. The van der Waals surface area contributed by atoms with Gasteiger partial charge in [0.25, 0.3) is 5.56 Å². The van der Waals surface area contributed by atoms with Crippen LogP contribution in [0.25, 0.3) is 22.6 Å². The predicted molar refractivity (Wildman–Crippen MR) is 72.1 cm³/mol. The van der Waals surface area contributed by atoms with Crippen molar-refractivity contribution in [1.82, 2.24) is 19.9 Å². The zero-order valence-corrected chi connectivity index (χ0v) is 10.7. The molecule has 0 saturated heterocycles. The summed E-state index contributed by atoms with van der Waals surface area (Å²) in [5.74, 6) is 0.634. The van der Waals surface area contributed by atoms with E-state index in [1.54, 1.807) is 0 Å². The van der Waals surface area contributed by atoms with Crippen LogP contribution in [0.2, 0.25) is 0 Å². The standard InChI is InChI=1S/C11H8BrN5O/c12-6-3-1-2-5(4-6)8-14-7-9(15-8)16-11(13)17-10(7)18/h1-4H,(H4,13,14,15,16,17,18). The van der Waals surface area contributed by atoms with Crippen molar-refractivity contribution >= 4 is 33.0 Å². The summed E-state index contributed by atoms with van der Waals surface area (Å²) in [6.45, 7) is 0. The highest BCUT2D eigenvalue weighted by Gasteiger charge is 2.10. The highest BCUT2D eigenvalue weighted by Crippen LogP contribution is 2.21. The lowest BCUT2D eigenvalue weighted by Crippen LogP contribution is -2.10. The molecule has 2 heterocycles. The summed E-state index contributed by atoms with van der Waals surface area (Å²) < 4.78 is 0.932. The molecule has 0 saturated carbocycles. The largest absolute Gasteiger partial charge is 0.369 e. The van der Waals surface area contributed by atoms with Gasteiger partial charge in [0.15, 0.2) is 11.2 Å². The maximum Gasteiger partial charge on any atom is 0.278 e. The lowest BCUT2D eigenvalue weighted by Gasteiger charge is -1.96. The van der Waals surface area contributed by atoms with E-state index < -0.39 is 0 Å². The lowest BCUT2D eigenvalue weighted by molar-refractivity contribution is 1.17. The number of nitrogens with two attached hydrogens (primary N) is 1. The number of rotatable bonds is 1. The van der Waals surface area contributed by atoms with E-state index in [0.717, 1.165) is 10.0 Å². The molecule has 0 aliphatic carbocycles. The van der Waals surface area contributed by atoms with Crippen molar-refractivity contribution in [1.29, 1.82) is 0 Å². The number of hydrogen-bond donors (Lipinski definition) is 3. The van der Waals surface area contributed by atoms with Crippen LogP contribution in [0, 0.1) is 0 Å². The molecule has 3 rings (SSSR count). The molecule has 1 aromatic carbocycles. The molecule has 2 aromatic heterocycles. The molecule has 0 unspecified atom stereocenters. The smallest absolute Gasteiger partial charge is 0.278 e. The van der Waals surface area contributed by atoms with Crippen LogP contribution in [0.5, 0.6) is 0 Å². The molecule has 0 spiro atoms. The zero-order chi connectivity index (χ0) is 12.7. The maximum absolute atomic E-state index is 11.7. The number of imidazole rings is 1. The van der Waals surface area contributed by atoms with Crippen molar-refractivity contribution in [3.05, 3.63) is 39.1 Å². The Bertz CT molecular complexity index is 791. The van der Waals surface area contributed by atoms with E-state index in [1.165, 1.54) is 0 Å². The number of fused-ring (bicyclic) bond motifs is 1. The van der Waals surface area contributed by atoms with Gasteiger partial charge in [0.1, 0.15) is 5.82 Å². The minimum atomic E-state index is -0.328. The Labute approximate surface area is 109 Å². The third-order valence-corrected chi connectivity index (χ3v) is 2.97. The number of anilines is 1. The van der Waals surface area contributed by atoms with Gasteiger partial charge in [-0.15, -0.1) is 0 Å². The van der Waals surface area contributed by atoms with Gasteiger partial charge in [-0.25, -0.2) is 4.98 Å². The summed E-state index contributed by atoms with van der Waals surface area (Å²) in [7, 11) is 0. The van der Waals surface area contributed by atoms with Crippen LogP contribution in [0.1, 0.15) is 0 Å². The van der Waals surface area contributed by atoms with E-state index in [-0.39, 0.29) is 11.5 Å². The number of hydrogen-bond acceptors (Lipinski definition) is 4. The monoisotopic (exact) mass is 305 g/mol. The fourth-order valence-corrected chi connectivity index (χ4v) is 2.10. The lowest BCUT2D eigenvalue weighted by atomic mass is 10.2. The Kier molecular flexibility index (Phi) is 2.41. The van der Waals surface area contributed by atoms with Gasteiger partial charge in [0.05, 0.1) is 0 Å². The fourth-order valence-electron chi connectivity index (χ4n) is 1.70. The summed E-state index contributed by atoms with van der Waals surface area (Å²) in [6, 6.07) is 7.59. The number of benzene rings is 1. The van der Waals surface area contributed by atoms with Gasteiger partial charge in [0, 0.05) is 10.0 Å². The van der Waals surface area contributed by atoms with Gasteiger partial charge in [0.2, 0.25) is 5.95 Å². The molecule has 90 valence electrons. The van der Waals surface area contributed by atoms with E-state index in [2.05, 4.69) is 35.9 Å². The Balaban J connectivity index is 2.26. The molecule has 0 aliphatic rings. The Morgan fingerprint density at radius 2 is 2.06 bits per heavy atom. The van der Waals surface area contributed by atoms with Crippen molar-refractivity contribution in [3.8, 4) is 11.4 Å². The number of aromatic amines is 2. The van der Waals surface area contributed by atoms with Crippen molar-refractivity contribution < 1.29 is 0 Å². The Morgan fingerprint density at radius 3 is 2.83 bits per heavy atom. The summed E-state index contributed by atoms with van der Waals surface area (Å²) in [6.07, 6.45) is 0. The summed E-state index contributed by atoms with van der Waals surface area (Å²) in [4.78, 5) is 25.2. The summed E-state index contributed by atoms with van der Waals surface area (Å²) >= 11 is 3.38. The first-order valence-corrected chi connectivity index (χ1v) is 5.94. The maximum atomic E-state index is 11.7. The summed E-state index contributed by atoms with van der Waals surface area (Å²) in [5.41, 5.74) is 6.63. The average molecular weight is 306 g/mol. The van der Waals surface area contributed by atoms with Crippen LogP contribution in [-0.2, 0) is 0 Å². The highest BCUT2D eigenvalue weighted by molar-refractivity contribution is 9.10. The number of nitrogens with one attached hydrogen (secondary N) is 2. The third kappa shape index (κ3) is 1.78. The molecular weight excluding hydrogens is 298 g/mol. The SMILES string of the molecule is Nc1nc2nc(-c3cccc(Br)c3)[nH]c2c(=O)[nH]1. The fraction of sp³-hybridized carbons (Fsp3) is 0. The molecule has 0 amide bonds. The number of halogens is 1. The highest BCUT2D eigenvalue weighted by atomic mass is 79.9. The molecule has 0 fully saturated rings. The number of nitrogen functional groups attached to an aromatic ring is 1. The zero-order valence-electron chi connectivity index (χ0n) is 9.07. The van der Waals surface area contributed by atoms with Crippen LogP contribution < -0.4 is 11.3 Å². The van der Waals surface area contributed by atoms with E-state index >= 15 is 0 Å². The second kappa shape index (κ2) is 3.95. The van der Waals surface area contributed by atoms with Crippen LogP contribution in [0.3, 0.4) is 0 Å². The Morgan fingerprint density at radius 1 is 1.22 bits per heavy atom. The molecule has 18 heavy (non-hydrogen) atoms. The first kappa shape index (κ1) is 11.0. The number of H-pyrrole nitrogens is 2. The predicted octanol–water partition coefficient (Wildman–Crippen LogP) is 1.66. The number of aromatic nitrogens is 4.